The van der Waals surface area contributed by atoms with Gasteiger partial charge < -0.3 is 4.90 Å². The molecule has 0 aromatic carbocycles. The highest BCUT2D eigenvalue weighted by Gasteiger charge is 2.13. The summed E-state index contributed by atoms with van der Waals surface area (Å²) in [5.41, 5.74) is 2.41. The lowest BCUT2D eigenvalue weighted by Crippen LogP contribution is -2.40. The molecule has 1 aromatic rings. The summed E-state index contributed by atoms with van der Waals surface area (Å²) in [5, 5.41) is 0. The van der Waals surface area contributed by atoms with Crippen LogP contribution in [0.2, 0.25) is 0 Å². The Morgan fingerprint density at radius 1 is 0.762 bits per heavy atom. The van der Waals surface area contributed by atoms with Crippen LogP contribution in [0.25, 0.3) is 0 Å². The molecule has 0 radical (unpaired) electrons. The van der Waals surface area contributed by atoms with E-state index in [1.165, 1.54) is 11.4 Å². The van der Waals surface area contributed by atoms with E-state index in [0.717, 1.165) is 58.9 Å². The first-order chi connectivity index (χ1) is 10.2. The van der Waals surface area contributed by atoms with Crippen LogP contribution >= 0.6 is 0 Å². The van der Waals surface area contributed by atoms with Crippen molar-refractivity contribution in [3.05, 3.63) is 29.6 Å². The Kier molecular flexibility index (Phi) is 6.61. The first-order valence-electron chi connectivity index (χ1n) is 8.37. The van der Waals surface area contributed by atoms with Gasteiger partial charge in [-0.25, -0.2) is 0 Å². The van der Waals surface area contributed by atoms with Crippen LogP contribution in [0, 0.1) is 0 Å². The van der Waals surface area contributed by atoms with Crippen molar-refractivity contribution in [2.75, 3.05) is 45.8 Å². The van der Waals surface area contributed by atoms with Gasteiger partial charge in [0.15, 0.2) is 0 Å². The first-order valence-corrected chi connectivity index (χ1v) is 8.37. The van der Waals surface area contributed by atoms with E-state index < -0.39 is 0 Å². The van der Waals surface area contributed by atoms with Gasteiger partial charge in [-0.3, -0.25) is 14.8 Å². The maximum absolute atomic E-state index is 4.84. The van der Waals surface area contributed by atoms with Crippen LogP contribution in [-0.4, -0.2) is 65.5 Å². The maximum Gasteiger partial charge on any atom is 0.0547 e. The maximum atomic E-state index is 4.84. The molecule has 0 saturated heterocycles. The lowest BCUT2D eigenvalue weighted by Gasteiger charge is -2.29. The molecule has 21 heavy (non-hydrogen) atoms. The van der Waals surface area contributed by atoms with E-state index in [2.05, 4.69) is 53.7 Å². The van der Waals surface area contributed by atoms with Gasteiger partial charge >= 0.3 is 0 Å². The molecule has 1 aromatic heterocycles. The predicted molar refractivity (Wildman–Crippen MR) is 88.3 cm³/mol. The third-order valence-corrected chi connectivity index (χ3v) is 4.44. The normalized spacial score (nSPS) is 20.0. The second-order valence-electron chi connectivity index (χ2n) is 5.79. The molecule has 0 spiro atoms. The van der Waals surface area contributed by atoms with E-state index in [1.807, 2.05) is 0 Å². The molecule has 0 amide bonds. The predicted octanol–water partition coefficient (Wildman–Crippen LogP) is 2.06. The average molecular weight is 290 g/mol. The van der Waals surface area contributed by atoms with Gasteiger partial charge in [-0.15, -0.1) is 0 Å². The number of nitrogens with zero attached hydrogens (tertiary/aromatic N) is 4. The van der Waals surface area contributed by atoms with Crippen LogP contribution in [-0.2, 0) is 13.1 Å². The Hall–Kier alpha value is -0.970. The monoisotopic (exact) mass is 290 g/mol. The van der Waals surface area contributed by atoms with Gasteiger partial charge in [0.05, 0.1) is 11.4 Å². The summed E-state index contributed by atoms with van der Waals surface area (Å²) in [6, 6.07) is 6.47. The van der Waals surface area contributed by atoms with E-state index in [9.17, 15) is 0 Å². The van der Waals surface area contributed by atoms with E-state index in [0.29, 0.717) is 0 Å². The highest BCUT2D eigenvalue weighted by molar-refractivity contribution is 5.11. The zero-order valence-electron chi connectivity index (χ0n) is 13.9. The molecule has 2 rings (SSSR count). The van der Waals surface area contributed by atoms with Crippen molar-refractivity contribution in [3.8, 4) is 0 Å². The Morgan fingerprint density at radius 3 is 1.62 bits per heavy atom. The van der Waals surface area contributed by atoms with Crippen molar-refractivity contribution in [2.24, 2.45) is 0 Å². The summed E-state index contributed by atoms with van der Waals surface area (Å²) in [5.74, 6) is 0. The van der Waals surface area contributed by atoms with Crippen LogP contribution in [0.4, 0.5) is 0 Å². The molecular weight excluding hydrogens is 260 g/mol. The lowest BCUT2D eigenvalue weighted by molar-refractivity contribution is 0.175. The molecule has 0 atom stereocenters. The molecule has 4 nitrogen and oxygen atoms in total. The molecule has 2 bridgehead atoms. The third-order valence-electron chi connectivity index (χ3n) is 4.44. The number of hydrogen-bond donors (Lipinski definition) is 0. The quantitative estimate of drug-likeness (QED) is 0.850. The van der Waals surface area contributed by atoms with E-state index in [-0.39, 0.29) is 0 Å². The molecule has 0 saturated carbocycles. The zero-order chi connectivity index (χ0) is 15.1. The van der Waals surface area contributed by atoms with Gasteiger partial charge in [0.2, 0.25) is 0 Å². The van der Waals surface area contributed by atoms with E-state index >= 15 is 0 Å². The number of rotatable bonds is 3. The fourth-order valence-corrected chi connectivity index (χ4v) is 2.86. The van der Waals surface area contributed by atoms with Crippen molar-refractivity contribution in [2.45, 2.75) is 33.9 Å². The largest absolute Gasteiger partial charge is 0.301 e. The Labute approximate surface area is 129 Å². The van der Waals surface area contributed by atoms with Gasteiger partial charge in [0.25, 0.3) is 0 Å². The van der Waals surface area contributed by atoms with Crippen molar-refractivity contribution in [1.82, 2.24) is 19.7 Å². The van der Waals surface area contributed by atoms with Gasteiger partial charge in [-0.2, -0.15) is 0 Å². The molecule has 4 heteroatoms. The summed E-state index contributed by atoms with van der Waals surface area (Å²) in [4.78, 5) is 12.4. The third kappa shape index (κ3) is 5.06. The molecule has 0 unspecified atom stereocenters. The molecule has 0 N–H and O–H groups in total. The number of aromatic nitrogens is 1. The van der Waals surface area contributed by atoms with Crippen LogP contribution in [0.15, 0.2) is 18.2 Å². The fraction of sp³-hybridized carbons (Fsp3) is 0.706. The van der Waals surface area contributed by atoms with Gasteiger partial charge in [0, 0.05) is 39.3 Å². The minimum Gasteiger partial charge on any atom is -0.301 e. The first kappa shape index (κ1) is 16.4. The van der Waals surface area contributed by atoms with Crippen molar-refractivity contribution in [1.29, 1.82) is 0 Å². The average Bonchev–Trinajstić information content (AvgIpc) is 2.51. The topological polar surface area (TPSA) is 22.6 Å². The summed E-state index contributed by atoms with van der Waals surface area (Å²) in [6.45, 7) is 16.6. The molecule has 1 aliphatic rings. The van der Waals surface area contributed by atoms with Crippen molar-refractivity contribution in [3.63, 3.8) is 0 Å². The van der Waals surface area contributed by atoms with Crippen LogP contribution in [0.1, 0.15) is 32.2 Å². The summed E-state index contributed by atoms with van der Waals surface area (Å²) >= 11 is 0. The van der Waals surface area contributed by atoms with Gasteiger partial charge in [0.1, 0.15) is 0 Å². The lowest BCUT2D eigenvalue weighted by atomic mass is 10.2. The Bertz CT molecular complexity index is 388. The second kappa shape index (κ2) is 8.47. The molecule has 118 valence electrons. The van der Waals surface area contributed by atoms with E-state index in [1.54, 1.807) is 0 Å². The van der Waals surface area contributed by atoms with E-state index in [4.69, 9.17) is 4.98 Å². The van der Waals surface area contributed by atoms with Crippen molar-refractivity contribution < 1.29 is 0 Å². The highest BCUT2D eigenvalue weighted by Crippen LogP contribution is 2.08. The number of likely N-dealkylation sites (N-methyl/N-ethyl adjacent to an activating group) is 3. The second-order valence-corrected chi connectivity index (χ2v) is 5.79. The SMILES string of the molecule is CCN1CCN(CC)Cc2cccc(n2)CN(CC)CC1. The van der Waals surface area contributed by atoms with Crippen LogP contribution in [0.5, 0.6) is 0 Å². The van der Waals surface area contributed by atoms with Crippen LogP contribution < -0.4 is 0 Å². The molecule has 0 aliphatic carbocycles. The molecule has 0 fully saturated rings. The molecule has 2 heterocycles. The van der Waals surface area contributed by atoms with Gasteiger partial charge in [-0.05, 0) is 31.8 Å². The minimum atomic E-state index is 0.966. The Balaban J connectivity index is 2.16. The van der Waals surface area contributed by atoms with Crippen molar-refractivity contribution >= 4 is 0 Å². The minimum absolute atomic E-state index is 0.966. The fourth-order valence-electron chi connectivity index (χ4n) is 2.86. The highest BCUT2D eigenvalue weighted by atomic mass is 15.2. The number of hydrogen-bond acceptors (Lipinski definition) is 4. The number of fused-ring (bicyclic) bond motifs is 2. The zero-order valence-corrected chi connectivity index (χ0v) is 13.9. The Morgan fingerprint density at radius 2 is 1.19 bits per heavy atom. The smallest absolute Gasteiger partial charge is 0.0547 e. The molecule has 1 aliphatic heterocycles. The standard InChI is InChI=1S/C17H30N4/c1-4-19-10-12-20(5-2)14-16-8-7-9-17(18-16)15-21(6-3)13-11-19/h7-9H,4-6,10-15H2,1-3H3. The van der Waals surface area contributed by atoms with Gasteiger partial charge in [-0.1, -0.05) is 26.8 Å². The summed E-state index contributed by atoms with van der Waals surface area (Å²) < 4.78 is 0. The van der Waals surface area contributed by atoms with Crippen LogP contribution in [0.3, 0.4) is 0 Å². The molecular formula is C17H30N4. The summed E-state index contributed by atoms with van der Waals surface area (Å²) in [6.07, 6.45) is 0. The number of pyridine rings is 1. The summed E-state index contributed by atoms with van der Waals surface area (Å²) in [7, 11) is 0.